The second-order valence-corrected chi connectivity index (χ2v) is 6.49. The van der Waals surface area contributed by atoms with Crippen molar-refractivity contribution in [2.24, 2.45) is 5.92 Å². The Hall–Kier alpha value is -2.26. The number of piperidine rings is 1. The van der Waals surface area contributed by atoms with E-state index < -0.39 is 46.8 Å². The van der Waals surface area contributed by atoms with Gasteiger partial charge in [0.15, 0.2) is 0 Å². The van der Waals surface area contributed by atoms with E-state index in [2.05, 4.69) is 0 Å². The number of amides is 1. The van der Waals surface area contributed by atoms with Crippen LogP contribution >= 0.6 is 0 Å². The first kappa shape index (κ1) is 22.0. The van der Waals surface area contributed by atoms with Crippen molar-refractivity contribution in [2.45, 2.75) is 38.5 Å². The minimum atomic E-state index is -4.97. The van der Waals surface area contributed by atoms with Crippen LogP contribution in [0.3, 0.4) is 0 Å². The van der Waals surface area contributed by atoms with Crippen molar-refractivity contribution in [3.05, 3.63) is 34.9 Å². The van der Waals surface area contributed by atoms with Crippen LogP contribution < -0.4 is 0 Å². The molecular weight excluding hydrogens is 392 g/mol. The summed E-state index contributed by atoms with van der Waals surface area (Å²) in [4.78, 5) is 25.4. The first-order chi connectivity index (χ1) is 12.9. The predicted molar refractivity (Wildman–Crippen MR) is 86.3 cm³/mol. The summed E-state index contributed by atoms with van der Waals surface area (Å²) < 4.78 is 83.2. The van der Waals surface area contributed by atoms with E-state index in [9.17, 15) is 35.9 Å². The Morgan fingerprint density at radius 1 is 1.07 bits per heavy atom. The molecule has 1 aliphatic rings. The summed E-state index contributed by atoms with van der Waals surface area (Å²) in [7, 11) is 0. The molecule has 1 heterocycles. The van der Waals surface area contributed by atoms with Crippen molar-refractivity contribution in [1.29, 1.82) is 0 Å². The summed E-state index contributed by atoms with van der Waals surface area (Å²) in [6, 6.07) is 0.799. The number of rotatable bonds is 4. The normalized spacial score (nSPS) is 16.2. The van der Waals surface area contributed by atoms with Crippen LogP contribution in [0.4, 0.5) is 26.3 Å². The Balaban J connectivity index is 2.21. The molecular formula is C18H19F6NO3. The predicted octanol–water partition coefficient (Wildman–Crippen LogP) is 4.53. The van der Waals surface area contributed by atoms with Gasteiger partial charge < -0.3 is 9.64 Å². The molecule has 28 heavy (non-hydrogen) atoms. The summed E-state index contributed by atoms with van der Waals surface area (Å²) in [6.07, 6.45) is -8.87. The van der Waals surface area contributed by atoms with E-state index in [0.717, 1.165) is 4.90 Å². The van der Waals surface area contributed by atoms with Crippen LogP contribution in [0.15, 0.2) is 18.2 Å². The number of hydrogen-bond acceptors (Lipinski definition) is 3. The summed E-state index contributed by atoms with van der Waals surface area (Å²) >= 11 is 0. The molecule has 0 unspecified atom stereocenters. The van der Waals surface area contributed by atoms with E-state index in [1.165, 1.54) is 0 Å². The molecule has 1 amide bonds. The largest absolute Gasteiger partial charge is 0.465 e. The van der Waals surface area contributed by atoms with Crippen molar-refractivity contribution in [3.63, 3.8) is 0 Å². The number of ether oxygens (including phenoxy) is 1. The number of halogens is 6. The molecule has 10 heteroatoms. The molecule has 0 aromatic heterocycles. The number of nitrogens with zero attached hydrogens (tertiary/aromatic N) is 1. The lowest BCUT2D eigenvalue weighted by Crippen LogP contribution is -2.41. The maximum absolute atomic E-state index is 13.2. The minimum Gasteiger partial charge on any atom is -0.465 e. The standard InChI is InChI=1S/C18H19F6NO3/c1-2-9-28-16(27)11-5-7-25(8-6-11)15(26)13-10-12(17(19,20)21)3-4-14(13)18(22,23)24/h3-4,10-11H,2,5-9H2,1H3. The molecule has 1 saturated heterocycles. The molecule has 0 N–H and O–H groups in total. The Labute approximate surface area is 157 Å². The number of likely N-dealkylation sites (tertiary alicyclic amines) is 1. The van der Waals surface area contributed by atoms with Gasteiger partial charge in [-0.2, -0.15) is 26.3 Å². The zero-order chi connectivity index (χ0) is 21.1. The molecule has 0 saturated carbocycles. The lowest BCUT2D eigenvalue weighted by molar-refractivity contribution is -0.150. The van der Waals surface area contributed by atoms with Crippen molar-refractivity contribution in [1.82, 2.24) is 4.90 Å². The molecule has 4 nitrogen and oxygen atoms in total. The second kappa shape index (κ2) is 8.40. The van der Waals surface area contributed by atoms with E-state index in [-0.39, 0.29) is 44.7 Å². The van der Waals surface area contributed by atoms with Gasteiger partial charge in [-0.25, -0.2) is 0 Å². The van der Waals surface area contributed by atoms with Gasteiger partial charge in [-0.3, -0.25) is 9.59 Å². The summed E-state index contributed by atoms with van der Waals surface area (Å²) in [5, 5.41) is 0. The van der Waals surface area contributed by atoms with Crippen LogP contribution in [0, 0.1) is 5.92 Å². The van der Waals surface area contributed by atoms with Crippen LogP contribution in [0.1, 0.15) is 47.7 Å². The fourth-order valence-electron chi connectivity index (χ4n) is 2.95. The van der Waals surface area contributed by atoms with Gasteiger partial charge in [-0.1, -0.05) is 6.92 Å². The highest BCUT2D eigenvalue weighted by molar-refractivity contribution is 5.96. The molecule has 0 atom stereocenters. The third kappa shape index (κ3) is 5.17. The van der Waals surface area contributed by atoms with Gasteiger partial charge in [0.2, 0.25) is 0 Å². The van der Waals surface area contributed by atoms with Crippen LogP contribution in [0.5, 0.6) is 0 Å². The first-order valence-corrected chi connectivity index (χ1v) is 8.69. The van der Waals surface area contributed by atoms with Crippen molar-refractivity contribution in [3.8, 4) is 0 Å². The van der Waals surface area contributed by atoms with Gasteiger partial charge in [0.05, 0.1) is 29.2 Å². The lowest BCUT2D eigenvalue weighted by Gasteiger charge is -2.31. The maximum Gasteiger partial charge on any atom is 0.417 e. The monoisotopic (exact) mass is 411 g/mol. The fourth-order valence-corrected chi connectivity index (χ4v) is 2.95. The number of benzene rings is 1. The van der Waals surface area contributed by atoms with Gasteiger partial charge in [0.25, 0.3) is 5.91 Å². The van der Waals surface area contributed by atoms with Crippen LogP contribution in [0.2, 0.25) is 0 Å². The molecule has 1 aliphatic heterocycles. The average Bonchev–Trinajstić information content (AvgIpc) is 2.63. The van der Waals surface area contributed by atoms with Crippen molar-refractivity contribution < 1.29 is 40.7 Å². The minimum absolute atomic E-state index is 0.0434. The van der Waals surface area contributed by atoms with Gasteiger partial charge in [0, 0.05) is 13.1 Å². The smallest absolute Gasteiger partial charge is 0.417 e. The molecule has 0 aliphatic carbocycles. The number of alkyl halides is 6. The van der Waals surface area contributed by atoms with Crippen LogP contribution in [-0.2, 0) is 21.9 Å². The Kier molecular flexibility index (Phi) is 6.61. The summed E-state index contributed by atoms with van der Waals surface area (Å²) in [5.74, 6) is -2.07. The van der Waals surface area contributed by atoms with E-state index in [1.807, 2.05) is 6.92 Å². The van der Waals surface area contributed by atoms with E-state index in [4.69, 9.17) is 4.74 Å². The SMILES string of the molecule is CCCOC(=O)C1CCN(C(=O)c2cc(C(F)(F)F)ccc2C(F)(F)F)CC1. The topological polar surface area (TPSA) is 46.6 Å². The van der Waals surface area contributed by atoms with Gasteiger partial charge in [-0.05, 0) is 37.5 Å². The van der Waals surface area contributed by atoms with Crippen LogP contribution in [0.25, 0.3) is 0 Å². The number of hydrogen-bond donors (Lipinski definition) is 0. The van der Waals surface area contributed by atoms with Gasteiger partial charge in [-0.15, -0.1) is 0 Å². The van der Waals surface area contributed by atoms with Gasteiger partial charge in [0.1, 0.15) is 0 Å². The number of carbonyl (C=O) groups is 2. The molecule has 1 aromatic carbocycles. The summed E-state index contributed by atoms with van der Waals surface area (Å²) in [5.41, 5.74) is -3.80. The Bertz CT molecular complexity index is 721. The van der Waals surface area contributed by atoms with E-state index in [0.29, 0.717) is 12.5 Å². The third-order valence-electron chi connectivity index (χ3n) is 4.45. The molecule has 1 aromatic rings. The average molecular weight is 411 g/mol. The molecule has 2 rings (SSSR count). The maximum atomic E-state index is 13.2. The van der Waals surface area contributed by atoms with E-state index in [1.54, 1.807) is 0 Å². The fraction of sp³-hybridized carbons (Fsp3) is 0.556. The molecule has 0 spiro atoms. The number of esters is 1. The molecule has 0 bridgehead atoms. The first-order valence-electron chi connectivity index (χ1n) is 8.69. The molecule has 0 radical (unpaired) electrons. The third-order valence-corrected chi connectivity index (χ3v) is 4.45. The second-order valence-electron chi connectivity index (χ2n) is 6.49. The highest BCUT2D eigenvalue weighted by Crippen LogP contribution is 2.37. The van der Waals surface area contributed by atoms with Crippen LogP contribution in [-0.4, -0.2) is 36.5 Å². The Morgan fingerprint density at radius 2 is 1.68 bits per heavy atom. The highest BCUT2D eigenvalue weighted by atomic mass is 19.4. The van der Waals surface area contributed by atoms with Gasteiger partial charge >= 0.3 is 18.3 Å². The zero-order valence-corrected chi connectivity index (χ0v) is 15.0. The number of carbonyl (C=O) groups excluding carboxylic acids is 2. The van der Waals surface area contributed by atoms with Crippen molar-refractivity contribution in [2.75, 3.05) is 19.7 Å². The summed E-state index contributed by atoms with van der Waals surface area (Å²) in [6.45, 7) is 1.98. The molecule has 156 valence electrons. The Morgan fingerprint density at radius 3 is 2.18 bits per heavy atom. The zero-order valence-electron chi connectivity index (χ0n) is 15.0. The van der Waals surface area contributed by atoms with E-state index >= 15 is 0 Å². The lowest BCUT2D eigenvalue weighted by atomic mass is 9.95. The van der Waals surface area contributed by atoms with Crippen molar-refractivity contribution >= 4 is 11.9 Å². The molecule has 1 fully saturated rings. The quantitative estimate of drug-likeness (QED) is 0.540. The highest BCUT2D eigenvalue weighted by Gasteiger charge is 2.40.